The van der Waals surface area contributed by atoms with Crippen LogP contribution >= 0.6 is 0 Å². The zero-order valence-electron chi connectivity index (χ0n) is 10.6. The van der Waals surface area contributed by atoms with E-state index in [0.29, 0.717) is 19.0 Å². The highest BCUT2D eigenvalue weighted by Gasteiger charge is 2.30. The van der Waals surface area contributed by atoms with Crippen LogP contribution in [-0.4, -0.2) is 44.4 Å². The van der Waals surface area contributed by atoms with Gasteiger partial charge in [0.05, 0.1) is 18.3 Å². The molecule has 1 fully saturated rings. The van der Waals surface area contributed by atoms with Crippen molar-refractivity contribution < 1.29 is 17.9 Å². The molecule has 0 radical (unpaired) electrons. The van der Waals surface area contributed by atoms with E-state index in [0.717, 1.165) is 25.4 Å². The van der Waals surface area contributed by atoms with Crippen molar-refractivity contribution in [2.45, 2.75) is 12.3 Å². The predicted molar refractivity (Wildman–Crippen MR) is 65.1 cm³/mol. The van der Waals surface area contributed by atoms with Gasteiger partial charge in [-0.15, -0.1) is 0 Å². The highest BCUT2D eigenvalue weighted by atomic mass is 19.4. The van der Waals surface area contributed by atoms with Crippen LogP contribution in [0.2, 0.25) is 0 Å². The van der Waals surface area contributed by atoms with Crippen LogP contribution in [0.25, 0.3) is 0 Å². The first-order valence-electron chi connectivity index (χ1n) is 6.03. The van der Waals surface area contributed by atoms with Crippen molar-refractivity contribution >= 4 is 5.82 Å². The molecule has 19 heavy (non-hydrogen) atoms. The third-order valence-corrected chi connectivity index (χ3v) is 2.95. The molecule has 106 valence electrons. The molecule has 7 heteroatoms. The fraction of sp³-hybridized carbons (Fsp3) is 0.583. The van der Waals surface area contributed by atoms with Crippen LogP contribution in [0.15, 0.2) is 18.3 Å². The number of ether oxygens (including phenoxy) is 1. The van der Waals surface area contributed by atoms with Gasteiger partial charge in [0.15, 0.2) is 0 Å². The minimum Gasteiger partial charge on any atom is -0.374 e. The summed E-state index contributed by atoms with van der Waals surface area (Å²) < 4.78 is 42.8. The van der Waals surface area contributed by atoms with E-state index < -0.39 is 11.7 Å². The first kappa shape index (κ1) is 14.1. The Morgan fingerprint density at radius 3 is 2.79 bits per heavy atom. The van der Waals surface area contributed by atoms with E-state index in [1.165, 1.54) is 6.07 Å². The topological polar surface area (TPSA) is 37.4 Å². The highest BCUT2D eigenvalue weighted by Crippen LogP contribution is 2.29. The molecular weight excluding hydrogens is 259 g/mol. The van der Waals surface area contributed by atoms with Gasteiger partial charge in [0.1, 0.15) is 5.82 Å². The number of likely N-dealkylation sites (N-methyl/N-ethyl adjacent to an activating group) is 1. The van der Waals surface area contributed by atoms with Crippen molar-refractivity contribution in [2.75, 3.05) is 38.2 Å². The molecule has 4 nitrogen and oxygen atoms in total. The summed E-state index contributed by atoms with van der Waals surface area (Å²) in [4.78, 5) is 5.63. The fourth-order valence-corrected chi connectivity index (χ4v) is 1.92. The largest absolute Gasteiger partial charge is 0.417 e. The molecule has 1 aliphatic heterocycles. The lowest BCUT2D eigenvalue weighted by Gasteiger charge is -2.28. The van der Waals surface area contributed by atoms with Gasteiger partial charge in [-0.25, -0.2) is 4.98 Å². The third kappa shape index (κ3) is 3.81. The number of halogens is 3. The first-order chi connectivity index (χ1) is 8.97. The van der Waals surface area contributed by atoms with Crippen molar-refractivity contribution in [1.82, 2.24) is 10.3 Å². The lowest BCUT2D eigenvalue weighted by atomic mass is 10.2. The molecule has 1 unspecified atom stereocenters. The second-order valence-corrected chi connectivity index (χ2v) is 4.48. The van der Waals surface area contributed by atoms with Gasteiger partial charge in [0.2, 0.25) is 0 Å². The Kier molecular flexibility index (Phi) is 4.26. The van der Waals surface area contributed by atoms with Gasteiger partial charge in [-0.1, -0.05) is 0 Å². The summed E-state index contributed by atoms with van der Waals surface area (Å²) >= 11 is 0. The normalized spacial score (nSPS) is 20.3. The summed E-state index contributed by atoms with van der Waals surface area (Å²) in [7, 11) is 1.79. The predicted octanol–water partition coefficient (Wildman–Crippen LogP) is 1.52. The van der Waals surface area contributed by atoms with E-state index in [1.807, 2.05) is 0 Å². The van der Waals surface area contributed by atoms with Crippen LogP contribution in [0.3, 0.4) is 0 Å². The molecule has 2 heterocycles. The van der Waals surface area contributed by atoms with E-state index in [-0.39, 0.29) is 6.10 Å². The quantitative estimate of drug-likeness (QED) is 0.907. The Hall–Kier alpha value is -1.34. The summed E-state index contributed by atoms with van der Waals surface area (Å²) in [5.41, 5.74) is -0.736. The van der Waals surface area contributed by atoms with Gasteiger partial charge in [0, 0.05) is 32.9 Å². The Morgan fingerprint density at radius 2 is 2.26 bits per heavy atom. The number of aromatic nitrogens is 1. The molecular formula is C12H16F3N3O. The number of nitrogens with one attached hydrogen (secondary N) is 1. The molecule has 0 spiro atoms. The van der Waals surface area contributed by atoms with Crippen LogP contribution < -0.4 is 10.2 Å². The Labute approximate surface area is 109 Å². The summed E-state index contributed by atoms with van der Waals surface area (Å²) in [6, 6.07) is 2.41. The Balaban J connectivity index is 1.97. The zero-order chi connectivity index (χ0) is 13.9. The smallest absolute Gasteiger partial charge is 0.374 e. The van der Waals surface area contributed by atoms with E-state index >= 15 is 0 Å². The summed E-state index contributed by atoms with van der Waals surface area (Å²) in [6.07, 6.45) is -3.46. The number of pyridine rings is 1. The summed E-state index contributed by atoms with van der Waals surface area (Å²) in [6.45, 7) is 2.81. The average Bonchev–Trinajstić information content (AvgIpc) is 2.39. The third-order valence-electron chi connectivity index (χ3n) is 2.95. The molecule has 1 saturated heterocycles. The molecule has 0 aromatic carbocycles. The van der Waals surface area contributed by atoms with Crippen LogP contribution in [-0.2, 0) is 10.9 Å². The number of alkyl halides is 3. The lowest BCUT2D eigenvalue weighted by molar-refractivity contribution is -0.137. The standard InChI is InChI=1S/C12H16F3N3O/c1-18(8-10-7-16-4-5-19-10)11-3-2-9(6-17-11)12(13,14)15/h2-3,6,10,16H,4-5,7-8H2,1H3. The fourth-order valence-electron chi connectivity index (χ4n) is 1.92. The van der Waals surface area contributed by atoms with Gasteiger partial charge >= 0.3 is 6.18 Å². The maximum absolute atomic E-state index is 12.4. The monoisotopic (exact) mass is 275 g/mol. The second kappa shape index (κ2) is 5.75. The molecule has 1 aromatic rings. The Bertz CT molecular complexity index is 402. The lowest BCUT2D eigenvalue weighted by Crippen LogP contribution is -2.44. The average molecular weight is 275 g/mol. The number of hydrogen-bond donors (Lipinski definition) is 1. The molecule has 0 saturated carbocycles. The van der Waals surface area contributed by atoms with Gasteiger partial charge < -0.3 is 15.0 Å². The minimum absolute atomic E-state index is 0.0304. The van der Waals surface area contributed by atoms with Crippen molar-refractivity contribution in [1.29, 1.82) is 0 Å². The molecule has 0 bridgehead atoms. The number of rotatable bonds is 3. The number of hydrogen-bond acceptors (Lipinski definition) is 4. The molecule has 1 N–H and O–H groups in total. The van der Waals surface area contributed by atoms with Crippen molar-refractivity contribution in [3.05, 3.63) is 23.9 Å². The number of anilines is 1. The molecule has 1 aliphatic rings. The van der Waals surface area contributed by atoms with Gasteiger partial charge in [0.25, 0.3) is 0 Å². The van der Waals surface area contributed by atoms with E-state index in [9.17, 15) is 13.2 Å². The SMILES string of the molecule is CN(CC1CNCCO1)c1ccc(C(F)(F)F)cn1. The van der Waals surface area contributed by atoms with Gasteiger partial charge in [-0.05, 0) is 12.1 Å². The van der Waals surface area contributed by atoms with Crippen molar-refractivity contribution in [2.24, 2.45) is 0 Å². The van der Waals surface area contributed by atoms with E-state index in [2.05, 4.69) is 10.3 Å². The molecule has 1 atom stereocenters. The van der Waals surface area contributed by atoms with Crippen molar-refractivity contribution in [3.8, 4) is 0 Å². The van der Waals surface area contributed by atoms with E-state index in [4.69, 9.17) is 4.74 Å². The summed E-state index contributed by atoms with van der Waals surface area (Å²) in [5.74, 6) is 0.502. The van der Waals surface area contributed by atoms with Crippen LogP contribution in [0.4, 0.5) is 19.0 Å². The Morgan fingerprint density at radius 1 is 1.47 bits per heavy atom. The summed E-state index contributed by atoms with van der Waals surface area (Å²) in [5, 5.41) is 3.20. The zero-order valence-corrected chi connectivity index (χ0v) is 10.6. The maximum atomic E-state index is 12.4. The molecule has 0 amide bonds. The first-order valence-corrected chi connectivity index (χ1v) is 6.03. The molecule has 1 aromatic heterocycles. The van der Waals surface area contributed by atoms with Gasteiger partial charge in [-0.2, -0.15) is 13.2 Å². The van der Waals surface area contributed by atoms with Crippen molar-refractivity contribution in [3.63, 3.8) is 0 Å². The van der Waals surface area contributed by atoms with E-state index in [1.54, 1.807) is 11.9 Å². The van der Waals surface area contributed by atoms with Crippen LogP contribution in [0.5, 0.6) is 0 Å². The molecule has 0 aliphatic carbocycles. The van der Waals surface area contributed by atoms with Crippen LogP contribution in [0, 0.1) is 0 Å². The second-order valence-electron chi connectivity index (χ2n) is 4.48. The number of nitrogens with zero attached hydrogens (tertiary/aromatic N) is 2. The molecule has 2 rings (SSSR count). The minimum atomic E-state index is -4.35. The highest BCUT2D eigenvalue weighted by molar-refractivity contribution is 5.39. The number of morpholine rings is 1. The van der Waals surface area contributed by atoms with Crippen LogP contribution in [0.1, 0.15) is 5.56 Å². The maximum Gasteiger partial charge on any atom is 0.417 e. The van der Waals surface area contributed by atoms with Gasteiger partial charge in [-0.3, -0.25) is 0 Å².